The Morgan fingerprint density at radius 1 is 0.871 bits per heavy atom. The van der Waals surface area contributed by atoms with E-state index in [1.54, 1.807) is 18.2 Å². The summed E-state index contributed by atoms with van der Waals surface area (Å²) in [5.41, 5.74) is 1.28. The molecule has 0 aliphatic rings. The van der Waals surface area contributed by atoms with Crippen molar-refractivity contribution in [3.8, 4) is 0 Å². The number of aromatic amines is 1. The largest absolute Gasteiger partial charge is 0.385 e. The van der Waals surface area contributed by atoms with Crippen LogP contribution in [-0.2, 0) is 14.3 Å². The molecule has 0 spiro atoms. The van der Waals surface area contributed by atoms with Gasteiger partial charge in [0.2, 0.25) is 0 Å². The number of hydrogen-bond acceptors (Lipinski definition) is 4. The first-order valence-electron chi connectivity index (χ1n) is 11.7. The molecule has 7 heteroatoms. The van der Waals surface area contributed by atoms with Gasteiger partial charge < -0.3 is 9.17 Å². The third kappa shape index (κ3) is 11.6. The molecule has 0 saturated carbocycles. The molecule has 1 N–H and O–H groups in total. The zero-order chi connectivity index (χ0) is 21.5. The first-order valence-corrected chi connectivity index (χ1v) is 13.1. The molecular formula is C24H38N2NaO3S. The van der Waals surface area contributed by atoms with Crippen LogP contribution in [0.4, 0.5) is 0 Å². The molecule has 31 heavy (non-hydrogen) atoms. The van der Waals surface area contributed by atoms with Crippen molar-refractivity contribution in [1.29, 1.82) is 0 Å². The van der Waals surface area contributed by atoms with Gasteiger partial charge in [-0.15, -0.1) is 0 Å². The fourth-order valence-corrected chi connectivity index (χ4v) is 4.31. The molecule has 2 rings (SSSR count). The number of para-hydroxylation sites is 2. The summed E-state index contributed by atoms with van der Waals surface area (Å²) in [6.07, 6.45) is 21.1. The van der Waals surface area contributed by atoms with E-state index in [0.29, 0.717) is 11.0 Å². The Hall–Kier alpha value is -0.820. The average Bonchev–Trinajstić information content (AvgIpc) is 3.19. The fraction of sp³-hybridized carbons (Fsp3) is 0.625. The summed E-state index contributed by atoms with van der Waals surface area (Å²) in [4.78, 5) is 6.86. The maximum absolute atomic E-state index is 12.2. The normalized spacial score (nSPS) is 11.8. The summed E-state index contributed by atoms with van der Waals surface area (Å²) >= 11 is 0. The van der Waals surface area contributed by atoms with Crippen molar-refractivity contribution in [3.63, 3.8) is 0 Å². The van der Waals surface area contributed by atoms with Gasteiger partial charge in [0.25, 0.3) is 5.16 Å². The number of allylic oxidation sites excluding steroid dienone is 1. The zero-order valence-electron chi connectivity index (χ0n) is 19.4. The third-order valence-electron chi connectivity index (χ3n) is 5.36. The second-order valence-electron chi connectivity index (χ2n) is 8.01. The van der Waals surface area contributed by atoms with Gasteiger partial charge in [0.1, 0.15) is 6.26 Å². The Kier molecular flexibility index (Phi) is 15.3. The van der Waals surface area contributed by atoms with Crippen molar-refractivity contribution in [1.82, 2.24) is 9.97 Å². The molecular weight excluding hydrogens is 419 g/mol. The van der Waals surface area contributed by atoms with Gasteiger partial charge in [-0.2, -0.15) is 8.42 Å². The standard InChI is InChI=1S/C24H38N2O3S.Na/c1-2-3-4-5-6-7-8-9-10-11-12-13-14-15-18-21-29-30(27,28)24-25-22-19-16-17-20-23(22)26-24;/h16-21H,2-15H2,1H3,(H,25,26);. The molecule has 1 heterocycles. The van der Waals surface area contributed by atoms with Gasteiger partial charge >= 0.3 is 10.1 Å². The first kappa shape index (κ1) is 28.2. The predicted octanol–water partition coefficient (Wildman–Crippen LogP) is 6.88. The number of rotatable bonds is 17. The molecule has 0 fully saturated rings. The van der Waals surface area contributed by atoms with Crippen molar-refractivity contribution in [2.24, 2.45) is 0 Å². The molecule has 1 aromatic heterocycles. The summed E-state index contributed by atoms with van der Waals surface area (Å²) in [6.45, 7) is 2.26. The van der Waals surface area contributed by atoms with E-state index in [2.05, 4.69) is 16.9 Å². The summed E-state index contributed by atoms with van der Waals surface area (Å²) in [5.74, 6) is 0. The zero-order valence-corrected chi connectivity index (χ0v) is 22.3. The summed E-state index contributed by atoms with van der Waals surface area (Å²) < 4.78 is 29.3. The quantitative estimate of drug-likeness (QED) is 0.122. The van der Waals surface area contributed by atoms with E-state index in [4.69, 9.17) is 4.18 Å². The van der Waals surface area contributed by atoms with Crippen molar-refractivity contribution in [2.75, 3.05) is 0 Å². The molecule has 2 aromatic rings. The first-order chi connectivity index (χ1) is 14.6. The number of benzene rings is 1. The van der Waals surface area contributed by atoms with Gasteiger partial charge in [0, 0.05) is 29.6 Å². The van der Waals surface area contributed by atoms with Crippen molar-refractivity contribution in [2.45, 2.75) is 102 Å². The van der Waals surface area contributed by atoms with Crippen LogP contribution in [0.2, 0.25) is 0 Å². The van der Waals surface area contributed by atoms with Gasteiger partial charge in [-0.05, 0) is 31.1 Å². The number of nitrogens with one attached hydrogen (secondary N) is 1. The van der Waals surface area contributed by atoms with E-state index in [1.807, 2.05) is 12.1 Å². The Morgan fingerprint density at radius 3 is 2.00 bits per heavy atom. The molecule has 1 radical (unpaired) electrons. The van der Waals surface area contributed by atoms with Crippen LogP contribution in [0.25, 0.3) is 11.0 Å². The van der Waals surface area contributed by atoms with E-state index in [0.717, 1.165) is 12.8 Å². The van der Waals surface area contributed by atoms with E-state index in [-0.39, 0.29) is 34.7 Å². The molecule has 5 nitrogen and oxygen atoms in total. The Balaban J connectivity index is 0.00000480. The SMILES string of the molecule is CCCCCCCCCCCCCCCC=COS(=O)(=O)c1nc2ccccc2[nH]1.[Na]. The van der Waals surface area contributed by atoms with Crippen LogP contribution >= 0.6 is 0 Å². The molecule has 0 amide bonds. The van der Waals surface area contributed by atoms with Crippen molar-refractivity contribution in [3.05, 3.63) is 36.6 Å². The summed E-state index contributed by atoms with van der Waals surface area (Å²) in [7, 11) is -3.90. The van der Waals surface area contributed by atoms with Crippen LogP contribution in [0.3, 0.4) is 0 Å². The molecule has 0 unspecified atom stereocenters. The van der Waals surface area contributed by atoms with E-state index in [1.165, 1.54) is 83.3 Å². The molecule has 0 bridgehead atoms. The van der Waals surface area contributed by atoms with Crippen LogP contribution in [0, 0.1) is 0 Å². The monoisotopic (exact) mass is 457 g/mol. The Labute approximate surface area is 210 Å². The van der Waals surface area contributed by atoms with E-state index >= 15 is 0 Å². The maximum atomic E-state index is 12.2. The summed E-state index contributed by atoms with van der Waals surface area (Å²) in [5, 5.41) is -0.158. The van der Waals surface area contributed by atoms with Gasteiger partial charge in [-0.25, -0.2) is 4.98 Å². The fourth-order valence-electron chi connectivity index (χ4n) is 3.55. The number of unbranched alkanes of at least 4 members (excludes halogenated alkanes) is 13. The summed E-state index contributed by atoms with van der Waals surface area (Å²) in [6, 6.07) is 7.18. The van der Waals surface area contributed by atoms with Gasteiger partial charge in [-0.1, -0.05) is 96.1 Å². The number of nitrogens with zero attached hydrogens (tertiary/aromatic N) is 1. The van der Waals surface area contributed by atoms with Gasteiger partial charge in [-0.3, -0.25) is 0 Å². The predicted molar refractivity (Wildman–Crippen MR) is 130 cm³/mol. The minimum Gasteiger partial charge on any atom is -0.385 e. The molecule has 1 aromatic carbocycles. The smallest absolute Gasteiger partial charge is 0.372 e. The second-order valence-corrected chi connectivity index (χ2v) is 9.50. The number of H-pyrrole nitrogens is 1. The maximum Gasteiger partial charge on any atom is 0.372 e. The molecule has 0 atom stereocenters. The van der Waals surface area contributed by atoms with Crippen LogP contribution in [0.15, 0.2) is 41.8 Å². The second kappa shape index (κ2) is 16.8. The number of hydrogen-bond donors (Lipinski definition) is 1. The van der Waals surface area contributed by atoms with E-state index in [9.17, 15) is 8.42 Å². The van der Waals surface area contributed by atoms with Gasteiger partial charge in [0.15, 0.2) is 0 Å². The molecule has 0 aliphatic carbocycles. The van der Waals surface area contributed by atoms with Crippen LogP contribution in [0.5, 0.6) is 0 Å². The topological polar surface area (TPSA) is 72.1 Å². The van der Waals surface area contributed by atoms with Crippen LogP contribution in [-0.4, -0.2) is 47.9 Å². The van der Waals surface area contributed by atoms with E-state index < -0.39 is 10.1 Å². The van der Waals surface area contributed by atoms with Gasteiger partial charge in [0.05, 0.1) is 11.0 Å². The average molecular weight is 458 g/mol. The minimum absolute atomic E-state index is 0. The number of aromatic nitrogens is 2. The van der Waals surface area contributed by atoms with Crippen LogP contribution < -0.4 is 0 Å². The molecule has 0 saturated heterocycles. The molecule has 169 valence electrons. The minimum atomic E-state index is -3.90. The Bertz CT molecular complexity index is 816. The third-order valence-corrected chi connectivity index (χ3v) is 6.39. The Morgan fingerprint density at radius 2 is 1.42 bits per heavy atom. The van der Waals surface area contributed by atoms with Crippen molar-refractivity contribution < 1.29 is 12.6 Å². The number of imidazole rings is 1. The number of fused-ring (bicyclic) bond motifs is 1. The van der Waals surface area contributed by atoms with Crippen molar-refractivity contribution >= 4 is 50.7 Å². The molecule has 0 aliphatic heterocycles. The van der Waals surface area contributed by atoms with Crippen LogP contribution in [0.1, 0.15) is 96.8 Å².